The van der Waals surface area contributed by atoms with Gasteiger partial charge in [-0.25, -0.2) is 4.98 Å². The van der Waals surface area contributed by atoms with Crippen molar-refractivity contribution in [2.24, 2.45) is 0 Å². The molecule has 168 valence electrons. The summed E-state index contributed by atoms with van der Waals surface area (Å²) >= 11 is 0. The molecule has 0 atom stereocenters. The van der Waals surface area contributed by atoms with Gasteiger partial charge < -0.3 is 21.5 Å². The molecule has 1 aromatic heterocycles. The lowest BCUT2D eigenvalue weighted by Gasteiger charge is -2.14. The van der Waals surface area contributed by atoms with Crippen LogP contribution in [-0.2, 0) is 28.9 Å². The van der Waals surface area contributed by atoms with Crippen LogP contribution in [0.25, 0.3) is 0 Å². The molecule has 0 aliphatic heterocycles. The molecule has 1 amide bonds. The van der Waals surface area contributed by atoms with Gasteiger partial charge in [0.25, 0.3) is 0 Å². The molecule has 0 aliphatic rings. The lowest BCUT2D eigenvalue weighted by molar-refractivity contribution is -0.136. The molecule has 0 unspecified atom stereocenters. The lowest BCUT2D eigenvalue weighted by atomic mass is 10.1. The Morgan fingerprint density at radius 3 is 2.52 bits per heavy atom. The van der Waals surface area contributed by atoms with Crippen molar-refractivity contribution in [3.05, 3.63) is 46.6 Å². The molecule has 0 bridgehead atoms. The van der Waals surface area contributed by atoms with Gasteiger partial charge in [0, 0.05) is 24.3 Å². The summed E-state index contributed by atoms with van der Waals surface area (Å²) in [4.78, 5) is 31.7. The minimum Gasteiger partial charge on any atom is -0.481 e. The van der Waals surface area contributed by atoms with Crippen molar-refractivity contribution >= 4 is 23.6 Å². The number of nitrogen functional groups attached to an aromatic ring is 1. The number of anilines is 2. The summed E-state index contributed by atoms with van der Waals surface area (Å²) in [6, 6.07) is 7.12. The van der Waals surface area contributed by atoms with E-state index in [0.717, 1.165) is 61.3 Å². The maximum atomic E-state index is 12.3. The molecule has 8 heteroatoms. The predicted molar refractivity (Wildman–Crippen MR) is 122 cm³/mol. The van der Waals surface area contributed by atoms with Gasteiger partial charge in [-0.3, -0.25) is 9.59 Å². The monoisotopic (exact) mass is 427 g/mol. The summed E-state index contributed by atoms with van der Waals surface area (Å²) in [5.74, 6) is 0.0683. The second kappa shape index (κ2) is 12.5. The van der Waals surface area contributed by atoms with E-state index in [9.17, 15) is 9.59 Å². The maximum Gasteiger partial charge on any atom is 0.307 e. The lowest BCUT2D eigenvalue weighted by Crippen LogP contribution is -2.26. The van der Waals surface area contributed by atoms with E-state index in [0.29, 0.717) is 12.1 Å². The van der Waals surface area contributed by atoms with E-state index in [-0.39, 0.29) is 24.7 Å². The van der Waals surface area contributed by atoms with E-state index >= 15 is 0 Å². The van der Waals surface area contributed by atoms with E-state index < -0.39 is 5.97 Å². The summed E-state index contributed by atoms with van der Waals surface area (Å²) in [6.45, 7) is 5.47. The minimum atomic E-state index is -0.886. The number of carbonyl (C=O) groups excluding carboxylic acids is 1. The topological polar surface area (TPSA) is 130 Å². The number of carboxylic acid groups (broad SMARTS) is 1. The number of unbranched alkanes of at least 4 members (excludes halogenated alkanes) is 2. The van der Waals surface area contributed by atoms with E-state index in [1.807, 2.05) is 13.0 Å². The molecule has 0 fully saturated rings. The molecule has 1 heterocycles. The first-order chi connectivity index (χ1) is 14.9. The number of aliphatic carboxylic acids is 1. The summed E-state index contributed by atoms with van der Waals surface area (Å²) in [6.07, 6.45) is 5.05. The number of amides is 1. The van der Waals surface area contributed by atoms with Crippen LogP contribution in [0.3, 0.4) is 0 Å². The van der Waals surface area contributed by atoms with Crippen molar-refractivity contribution in [1.82, 2.24) is 15.3 Å². The van der Waals surface area contributed by atoms with E-state index in [4.69, 9.17) is 10.8 Å². The van der Waals surface area contributed by atoms with Crippen molar-refractivity contribution in [3.63, 3.8) is 0 Å². The number of aryl methyl sites for hydroxylation is 1. The number of nitrogens with two attached hydrogens (primary N) is 1. The number of hydrogen-bond donors (Lipinski definition) is 4. The summed E-state index contributed by atoms with van der Waals surface area (Å²) in [7, 11) is 0. The molecule has 0 aliphatic carbocycles. The Balaban J connectivity index is 1.84. The Labute approximate surface area is 183 Å². The van der Waals surface area contributed by atoms with Crippen molar-refractivity contribution in [2.45, 2.75) is 58.8 Å². The second-order valence-corrected chi connectivity index (χ2v) is 7.65. The number of aromatic nitrogens is 2. The molecular formula is C23H33N5O3. The number of carboxylic acids is 1. The highest BCUT2D eigenvalue weighted by molar-refractivity contribution is 5.78. The molecule has 0 radical (unpaired) electrons. The van der Waals surface area contributed by atoms with Crippen molar-refractivity contribution in [3.8, 4) is 0 Å². The number of benzene rings is 1. The Kier molecular flexibility index (Phi) is 9.74. The molecule has 0 saturated carbocycles. The zero-order valence-corrected chi connectivity index (χ0v) is 18.4. The van der Waals surface area contributed by atoms with Crippen LogP contribution < -0.4 is 16.4 Å². The molecule has 2 rings (SSSR count). The van der Waals surface area contributed by atoms with E-state index in [1.54, 1.807) is 18.2 Å². The largest absolute Gasteiger partial charge is 0.481 e. The molecule has 5 N–H and O–H groups in total. The number of nitrogens with zero attached hydrogens (tertiary/aromatic N) is 2. The van der Waals surface area contributed by atoms with Crippen LogP contribution in [0, 0.1) is 6.92 Å². The van der Waals surface area contributed by atoms with Crippen LogP contribution in [0.4, 0.5) is 11.8 Å². The maximum absolute atomic E-state index is 12.3. The standard InChI is InChI=1S/C23H33N5O3/c1-3-4-5-11-26-22-19(16(2)27-23(24)28-22)10-7-12-25-20(29)14-17-8-6-9-18(13-17)15-21(30)31/h6,8-9,13H,3-5,7,10-12,14-15H2,1-2H3,(H,25,29)(H,30,31)(H3,24,26,27,28). The van der Waals surface area contributed by atoms with E-state index in [1.165, 1.54) is 0 Å². The molecular weight excluding hydrogens is 394 g/mol. The van der Waals surface area contributed by atoms with Gasteiger partial charge in [-0.05, 0) is 37.3 Å². The van der Waals surface area contributed by atoms with Gasteiger partial charge in [-0.1, -0.05) is 44.0 Å². The number of hydrogen-bond acceptors (Lipinski definition) is 6. The second-order valence-electron chi connectivity index (χ2n) is 7.65. The summed E-state index contributed by atoms with van der Waals surface area (Å²) in [5, 5.41) is 15.2. The Morgan fingerprint density at radius 2 is 1.81 bits per heavy atom. The molecule has 0 saturated heterocycles. The van der Waals surface area contributed by atoms with Gasteiger partial charge in [0.05, 0.1) is 12.8 Å². The average Bonchev–Trinajstić information content (AvgIpc) is 2.69. The fourth-order valence-corrected chi connectivity index (χ4v) is 3.41. The fraction of sp³-hybridized carbons (Fsp3) is 0.478. The van der Waals surface area contributed by atoms with E-state index in [2.05, 4.69) is 27.5 Å². The fourth-order valence-electron chi connectivity index (χ4n) is 3.41. The van der Waals surface area contributed by atoms with Crippen LogP contribution in [0.2, 0.25) is 0 Å². The molecule has 8 nitrogen and oxygen atoms in total. The first-order valence-electron chi connectivity index (χ1n) is 10.8. The van der Waals surface area contributed by atoms with Gasteiger partial charge in [-0.15, -0.1) is 0 Å². The zero-order chi connectivity index (χ0) is 22.6. The SMILES string of the molecule is CCCCCNc1nc(N)nc(C)c1CCCNC(=O)Cc1cccc(CC(=O)O)c1. The van der Waals surface area contributed by atoms with Crippen molar-refractivity contribution < 1.29 is 14.7 Å². The van der Waals surface area contributed by atoms with Crippen LogP contribution in [0.15, 0.2) is 24.3 Å². The quantitative estimate of drug-likeness (QED) is 0.362. The van der Waals surface area contributed by atoms with Crippen LogP contribution in [0.1, 0.15) is 55.0 Å². The minimum absolute atomic E-state index is 0.0483. The van der Waals surface area contributed by atoms with Gasteiger partial charge in [0.1, 0.15) is 5.82 Å². The third-order valence-electron chi connectivity index (χ3n) is 4.94. The Bertz CT molecular complexity index is 886. The Hall–Kier alpha value is -3.16. The zero-order valence-electron chi connectivity index (χ0n) is 18.4. The predicted octanol–water partition coefficient (Wildman–Crippen LogP) is 2.89. The van der Waals surface area contributed by atoms with Crippen LogP contribution >= 0.6 is 0 Å². The van der Waals surface area contributed by atoms with Crippen LogP contribution in [0.5, 0.6) is 0 Å². The normalized spacial score (nSPS) is 10.6. The average molecular weight is 428 g/mol. The van der Waals surface area contributed by atoms with Gasteiger partial charge >= 0.3 is 5.97 Å². The van der Waals surface area contributed by atoms with Crippen LogP contribution in [-0.4, -0.2) is 40.0 Å². The number of nitrogens with one attached hydrogen (secondary N) is 2. The smallest absolute Gasteiger partial charge is 0.307 e. The van der Waals surface area contributed by atoms with Gasteiger partial charge in [0.2, 0.25) is 11.9 Å². The highest BCUT2D eigenvalue weighted by atomic mass is 16.4. The molecule has 0 spiro atoms. The van der Waals surface area contributed by atoms with Gasteiger partial charge in [-0.2, -0.15) is 4.98 Å². The third kappa shape index (κ3) is 8.62. The highest BCUT2D eigenvalue weighted by Crippen LogP contribution is 2.19. The first kappa shape index (κ1) is 24.1. The van der Waals surface area contributed by atoms with Crippen molar-refractivity contribution in [1.29, 1.82) is 0 Å². The van der Waals surface area contributed by atoms with Gasteiger partial charge in [0.15, 0.2) is 0 Å². The molecule has 31 heavy (non-hydrogen) atoms. The summed E-state index contributed by atoms with van der Waals surface area (Å²) < 4.78 is 0. The van der Waals surface area contributed by atoms with Crippen molar-refractivity contribution in [2.75, 3.05) is 24.1 Å². The summed E-state index contributed by atoms with van der Waals surface area (Å²) in [5.41, 5.74) is 9.19. The number of rotatable bonds is 13. The first-order valence-corrected chi connectivity index (χ1v) is 10.8. The third-order valence-corrected chi connectivity index (χ3v) is 4.94. The number of carbonyl (C=O) groups is 2. The molecule has 1 aromatic carbocycles. The highest BCUT2D eigenvalue weighted by Gasteiger charge is 2.11. The molecule has 2 aromatic rings. The Morgan fingerprint density at radius 1 is 1.06 bits per heavy atom.